The number of carbonyl (C=O) groups excluding carboxylic acids is 1. The van der Waals surface area contributed by atoms with Crippen molar-refractivity contribution in [3.05, 3.63) is 0 Å². The predicted molar refractivity (Wildman–Crippen MR) is 76.3 cm³/mol. The second-order valence-electron chi connectivity index (χ2n) is 6.05. The van der Waals surface area contributed by atoms with Crippen LogP contribution in [0.1, 0.15) is 40.5 Å². The van der Waals surface area contributed by atoms with Crippen molar-refractivity contribution in [3.8, 4) is 0 Å². The topological polar surface area (TPSA) is 119 Å². The Morgan fingerprint density at radius 1 is 1.30 bits per heavy atom. The lowest BCUT2D eigenvalue weighted by molar-refractivity contribution is -0.134. The van der Waals surface area contributed by atoms with Gasteiger partial charge in [0, 0.05) is 32.1 Å². The summed E-state index contributed by atoms with van der Waals surface area (Å²) in [6, 6.07) is 0. The van der Waals surface area contributed by atoms with E-state index >= 15 is 0 Å². The second kappa shape index (κ2) is 7.44. The van der Waals surface area contributed by atoms with Crippen molar-refractivity contribution in [2.75, 3.05) is 19.6 Å². The molecule has 0 aromatic carbocycles. The molecule has 0 unspecified atom stereocenters. The van der Waals surface area contributed by atoms with E-state index in [0.29, 0.717) is 19.6 Å². The number of piperidine rings is 1. The van der Waals surface area contributed by atoms with Crippen LogP contribution in [0.2, 0.25) is 0 Å². The normalized spacial score (nSPS) is 17.8. The van der Waals surface area contributed by atoms with E-state index in [1.165, 1.54) is 0 Å². The number of hydrogen-bond donors (Lipinski definition) is 3. The fraction of sp³-hybridized carbons (Fsp3) is 0.846. The zero-order valence-corrected chi connectivity index (χ0v) is 12.8. The molecular weight excluding hydrogens is 262 g/mol. The standard InChI is InChI=1S/C11H23N3O2.C2H4O2/c1-10(2,3)16-9(15)14-6-4-11(13,8-12)5-7-14;1-2(3)4/h4-8,12-13H2,1-3H3;1H3,(H,3,4). The van der Waals surface area contributed by atoms with Gasteiger partial charge in [0.25, 0.3) is 5.97 Å². The monoisotopic (exact) mass is 289 g/mol. The first-order valence-electron chi connectivity index (χ1n) is 6.65. The highest BCUT2D eigenvalue weighted by Gasteiger charge is 2.32. The molecule has 1 amide bonds. The fourth-order valence-corrected chi connectivity index (χ4v) is 1.67. The van der Waals surface area contributed by atoms with Gasteiger partial charge in [0.05, 0.1) is 0 Å². The molecule has 1 heterocycles. The maximum atomic E-state index is 11.7. The van der Waals surface area contributed by atoms with E-state index < -0.39 is 11.6 Å². The Labute approximate surface area is 120 Å². The molecule has 0 bridgehead atoms. The molecule has 1 aliphatic rings. The first-order valence-corrected chi connectivity index (χ1v) is 6.65. The lowest BCUT2D eigenvalue weighted by atomic mass is 9.89. The summed E-state index contributed by atoms with van der Waals surface area (Å²) >= 11 is 0. The quantitative estimate of drug-likeness (QED) is 0.656. The summed E-state index contributed by atoms with van der Waals surface area (Å²) < 4.78 is 5.29. The molecular formula is C13H27N3O4. The molecule has 0 aliphatic carbocycles. The molecule has 0 aromatic heterocycles. The number of aliphatic carboxylic acids is 1. The third-order valence-corrected chi connectivity index (χ3v) is 2.82. The number of carboxylic acid groups (broad SMARTS) is 1. The van der Waals surface area contributed by atoms with E-state index in [9.17, 15) is 4.79 Å². The third kappa shape index (κ3) is 7.96. The van der Waals surface area contributed by atoms with Gasteiger partial charge >= 0.3 is 6.09 Å². The Balaban J connectivity index is 0.000000796. The molecule has 0 saturated carbocycles. The van der Waals surface area contributed by atoms with Crippen molar-refractivity contribution < 1.29 is 19.4 Å². The van der Waals surface area contributed by atoms with Crippen molar-refractivity contribution in [1.82, 2.24) is 4.90 Å². The number of hydrogen-bond acceptors (Lipinski definition) is 5. The summed E-state index contributed by atoms with van der Waals surface area (Å²) in [5.41, 5.74) is 10.9. The average molecular weight is 289 g/mol. The zero-order chi connectivity index (χ0) is 16.0. The third-order valence-electron chi connectivity index (χ3n) is 2.82. The first kappa shape index (κ1) is 18.7. The van der Waals surface area contributed by atoms with Gasteiger partial charge < -0.3 is 26.2 Å². The minimum Gasteiger partial charge on any atom is -0.481 e. The molecule has 118 valence electrons. The number of amides is 1. The number of rotatable bonds is 1. The van der Waals surface area contributed by atoms with E-state index in [1.807, 2.05) is 20.8 Å². The summed E-state index contributed by atoms with van der Waals surface area (Å²) in [4.78, 5) is 22.4. The Kier molecular flexibility index (Phi) is 6.95. The Morgan fingerprint density at radius 2 is 1.70 bits per heavy atom. The Hall–Kier alpha value is -1.34. The molecule has 5 N–H and O–H groups in total. The largest absolute Gasteiger partial charge is 0.481 e. The molecule has 1 aliphatic heterocycles. The summed E-state index contributed by atoms with van der Waals surface area (Å²) in [5.74, 6) is -0.833. The molecule has 7 nitrogen and oxygen atoms in total. The second-order valence-corrected chi connectivity index (χ2v) is 6.05. The minimum atomic E-state index is -0.833. The van der Waals surface area contributed by atoms with Gasteiger partial charge in [-0.15, -0.1) is 0 Å². The van der Waals surface area contributed by atoms with Crippen LogP contribution in [0.25, 0.3) is 0 Å². The summed E-state index contributed by atoms with van der Waals surface area (Å²) in [6.07, 6.45) is 1.22. The fourth-order valence-electron chi connectivity index (χ4n) is 1.67. The summed E-state index contributed by atoms with van der Waals surface area (Å²) in [7, 11) is 0. The lowest BCUT2D eigenvalue weighted by Gasteiger charge is -2.38. The van der Waals surface area contributed by atoms with Crippen LogP contribution >= 0.6 is 0 Å². The summed E-state index contributed by atoms with van der Waals surface area (Å²) in [6.45, 7) is 8.40. The van der Waals surface area contributed by atoms with Crippen molar-refractivity contribution in [2.24, 2.45) is 11.5 Å². The number of nitrogens with two attached hydrogens (primary N) is 2. The number of ether oxygens (including phenoxy) is 1. The van der Waals surface area contributed by atoms with Gasteiger partial charge in [-0.25, -0.2) is 4.79 Å². The van der Waals surface area contributed by atoms with Gasteiger partial charge in [-0.05, 0) is 33.6 Å². The van der Waals surface area contributed by atoms with E-state index in [0.717, 1.165) is 19.8 Å². The molecule has 0 atom stereocenters. The van der Waals surface area contributed by atoms with Crippen molar-refractivity contribution in [3.63, 3.8) is 0 Å². The molecule has 20 heavy (non-hydrogen) atoms. The maximum Gasteiger partial charge on any atom is 0.410 e. The molecule has 0 spiro atoms. The van der Waals surface area contributed by atoms with Crippen LogP contribution in [0.5, 0.6) is 0 Å². The maximum absolute atomic E-state index is 11.7. The van der Waals surface area contributed by atoms with Gasteiger partial charge in [-0.2, -0.15) is 0 Å². The Bertz CT molecular complexity index is 327. The van der Waals surface area contributed by atoms with Crippen LogP contribution < -0.4 is 11.5 Å². The van der Waals surface area contributed by atoms with E-state index in [1.54, 1.807) is 4.90 Å². The number of carbonyl (C=O) groups is 2. The van der Waals surface area contributed by atoms with Crippen molar-refractivity contribution in [2.45, 2.75) is 51.7 Å². The molecule has 7 heteroatoms. The minimum absolute atomic E-state index is 0.258. The predicted octanol–water partition coefficient (Wildman–Crippen LogP) is 0.764. The van der Waals surface area contributed by atoms with Crippen LogP contribution in [-0.4, -0.2) is 52.8 Å². The molecule has 1 fully saturated rings. The molecule has 1 saturated heterocycles. The first-order chi connectivity index (χ1) is 8.99. The number of likely N-dealkylation sites (tertiary alicyclic amines) is 1. The Morgan fingerprint density at radius 3 is 2.00 bits per heavy atom. The highest BCUT2D eigenvalue weighted by atomic mass is 16.6. The molecule has 0 aromatic rings. The molecule has 0 radical (unpaired) electrons. The smallest absolute Gasteiger partial charge is 0.410 e. The van der Waals surface area contributed by atoms with Crippen LogP contribution in [0.4, 0.5) is 4.79 Å². The van der Waals surface area contributed by atoms with Gasteiger partial charge in [-0.3, -0.25) is 4.79 Å². The number of carboxylic acids is 1. The van der Waals surface area contributed by atoms with Gasteiger partial charge in [-0.1, -0.05) is 0 Å². The highest BCUT2D eigenvalue weighted by molar-refractivity contribution is 5.68. The van der Waals surface area contributed by atoms with E-state index in [4.69, 9.17) is 26.1 Å². The van der Waals surface area contributed by atoms with Crippen molar-refractivity contribution >= 4 is 12.1 Å². The lowest BCUT2D eigenvalue weighted by Crippen LogP contribution is -2.56. The number of nitrogens with zero attached hydrogens (tertiary/aromatic N) is 1. The highest BCUT2D eigenvalue weighted by Crippen LogP contribution is 2.20. The average Bonchev–Trinajstić information content (AvgIpc) is 2.27. The van der Waals surface area contributed by atoms with Gasteiger partial charge in [0.2, 0.25) is 0 Å². The van der Waals surface area contributed by atoms with Crippen LogP contribution in [0.15, 0.2) is 0 Å². The zero-order valence-electron chi connectivity index (χ0n) is 12.8. The van der Waals surface area contributed by atoms with Crippen LogP contribution in [0, 0.1) is 0 Å². The van der Waals surface area contributed by atoms with Crippen LogP contribution in [0.3, 0.4) is 0 Å². The van der Waals surface area contributed by atoms with Gasteiger partial charge in [0.1, 0.15) is 5.60 Å². The van der Waals surface area contributed by atoms with E-state index in [-0.39, 0.29) is 11.6 Å². The SMILES string of the molecule is CC(=O)O.CC(C)(C)OC(=O)N1CCC(N)(CN)CC1. The van der Waals surface area contributed by atoms with Gasteiger partial charge in [0.15, 0.2) is 0 Å². The van der Waals surface area contributed by atoms with Crippen LogP contribution in [-0.2, 0) is 9.53 Å². The van der Waals surface area contributed by atoms with E-state index in [2.05, 4.69) is 0 Å². The summed E-state index contributed by atoms with van der Waals surface area (Å²) in [5, 5.41) is 7.42. The van der Waals surface area contributed by atoms with Crippen molar-refractivity contribution in [1.29, 1.82) is 0 Å². The molecule has 1 rings (SSSR count).